The van der Waals surface area contributed by atoms with E-state index in [9.17, 15) is 9.59 Å². The van der Waals surface area contributed by atoms with Gasteiger partial charge in [0.2, 0.25) is 11.8 Å². The van der Waals surface area contributed by atoms with Crippen molar-refractivity contribution in [1.29, 1.82) is 0 Å². The Morgan fingerprint density at radius 2 is 2.27 bits per heavy atom. The Balaban J connectivity index is 1.62. The van der Waals surface area contributed by atoms with Crippen LogP contribution in [0.2, 0.25) is 0 Å². The van der Waals surface area contributed by atoms with Gasteiger partial charge in [0.15, 0.2) is 0 Å². The quantitative estimate of drug-likeness (QED) is 0.820. The molecule has 7 heteroatoms. The van der Waals surface area contributed by atoms with Crippen LogP contribution in [0.25, 0.3) is 0 Å². The maximum absolute atomic E-state index is 12.5. The molecule has 1 aliphatic heterocycles. The molecule has 2 amide bonds. The van der Waals surface area contributed by atoms with Crippen LogP contribution in [0.5, 0.6) is 0 Å². The maximum atomic E-state index is 12.5. The second kappa shape index (κ2) is 6.08. The Morgan fingerprint density at radius 1 is 1.45 bits per heavy atom. The van der Waals surface area contributed by atoms with E-state index >= 15 is 0 Å². The molecule has 0 bridgehead atoms. The van der Waals surface area contributed by atoms with E-state index in [1.807, 2.05) is 13.2 Å². The van der Waals surface area contributed by atoms with Gasteiger partial charge >= 0.3 is 0 Å². The third-order valence-corrected chi connectivity index (χ3v) is 4.82. The molecule has 2 fully saturated rings. The SMILES string of the molecule is Cn1cc(N2CCC(NC(=O)[C@@H]3CCC[C@@H]3CN)C2=O)cn1. The van der Waals surface area contributed by atoms with Gasteiger partial charge in [-0.2, -0.15) is 5.10 Å². The molecule has 2 heterocycles. The zero-order chi connectivity index (χ0) is 15.7. The van der Waals surface area contributed by atoms with Gasteiger partial charge in [-0.1, -0.05) is 6.42 Å². The number of hydrogen-bond donors (Lipinski definition) is 2. The molecule has 120 valence electrons. The number of aryl methyl sites for hydroxylation is 1. The lowest BCUT2D eigenvalue weighted by molar-refractivity contribution is -0.129. The Morgan fingerprint density at radius 3 is 2.95 bits per heavy atom. The average molecular weight is 305 g/mol. The third kappa shape index (κ3) is 2.72. The van der Waals surface area contributed by atoms with Crippen molar-refractivity contribution in [2.24, 2.45) is 24.6 Å². The van der Waals surface area contributed by atoms with E-state index in [0.717, 1.165) is 24.9 Å². The van der Waals surface area contributed by atoms with Crippen molar-refractivity contribution in [3.05, 3.63) is 12.4 Å². The number of anilines is 1. The summed E-state index contributed by atoms with van der Waals surface area (Å²) < 4.78 is 1.67. The van der Waals surface area contributed by atoms with Crippen LogP contribution >= 0.6 is 0 Å². The highest BCUT2D eigenvalue weighted by Gasteiger charge is 2.38. The first-order chi connectivity index (χ1) is 10.6. The Bertz CT molecular complexity index is 570. The molecule has 1 aromatic heterocycles. The minimum atomic E-state index is -0.424. The molecule has 0 radical (unpaired) electrons. The van der Waals surface area contributed by atoms with Gasteiger partial charge in [0.05, 0.1) is 11.9 Å². The second-order valence-corrected chi connectivity index (χ2v) is 6.25. The zero-order valence-electron chi connectivity index (χ0n) is 12.9. The summed E-state index contributed by atoms with van der Waals surface area (Å²) in [4.78, 5) is 26.6. The van der Waals surface area contributed by atoms with Gasteiger partial charge in [-0.05, 0) is 31.7 Å². The molecule has 1 saturated carbocycles. The van der Waals surface area contributed by atoms with Crippen LogP contribution in [0.15, 0.2) is 12.4 Å². The molecule has 1 saturated heterocycles. The van der Waals surface area contributed by atoms with Crippen LogP contribution in [0.4, 0.5) is 5.69 Å². The van der Waals surface area contributed by atoms with E-state index in [1.54, 1.807) is 15.8 Å². The number of hydrogen-bond acceptors (Lipinski definition) is 4. The fourth-order valence-electron chi connectivity index (χ4n) is 3.56. The van der Waals surface area contributed by atoms with Gasteiger partial charge in [-0.15, -0.1) is 0 Å². The third-order valence-electron chi connectivity index (χ3n) is 4.82. The van der Waals surface area contributed by atoms with Crippen LogP contribution in [-0.2, 0) is 16.6 Å². The average Bonchev–Trinajstić information content (AvgIpc) is 3.20. The molecule has 0 aromatic carbocycles. The Labute approximate surface area is 129 Å². The summed E-state index contributed by atoms with van der Waals surface area (Å²) in [6.45, 7) is 1.15. The number of rotatable bonds is 4. The molecule has 0 spiro atoms. The standard InChI is InChI=1S/C15H23N5O2/c1-19-9-11(8-17-19)20-6-5-13(15(20)22)18-14(21)12-4-2-3-10(12)7-16/h8-10,12-13H,2-7,16H2,1H3,(H,18,21)/t10-,12-,13?/m1/s1. The lowest BCUT2D eigenvalue weighted by Gasteiger charge is -2.20. The lowest BCUT2D eigenvalue weighted by atomic mass is 9.95. The van der Waals surface area contributed by atoms with Gasteiger partial charge < -0.3 is 16.0 Å². The van der Waals surface area contributed by atoms with Crippen molar-refractivity contribution in [2.75, 3.05) is 18.0 Å². The molecule has 3 rings (SSSR count). The second-order valence-electron chi connectivity index (χ2n) is 6.25. The van der Waals surface area contributed by atoms with E-state index in [4.69, 9.17) is 5.73 Å². The first-order valence-electron chi connectivity index (χ1n) is 7.90. The van der Waals surface area contributed by atoms with Gasteiger partial charge in [0.1, 0.15) is 6.04 Å². The molecule has 22 heavy (non-hydrogen) atoms. The molecule has 3 N–H and O–H groups in total. The number of carbonyl (C=O) groups is 2. The molecular weight excluding hydrogens is 282 g/mol. The van der Waals surface area contributed by atoms with Crippen molar-refractivity contribution < 1.29 is 9.59 Å². The van der Waals surface area contributed by atoms with Gasteiger partial charge in [0.25, 0.3) is 0 Å². The minimum absolute atomic E-state index is 0.0145. The van der Waals surface area contributed by atoms with Crippen molar-refractivity contribution in [1.82, 2.24) is 15.1 Å². The van der Waals surface area contributed by atoms with Crippen LogP contribution < -0.4 is 16.0 Å². The van der Waals surface area contributed by atoms with Crippen molar-refractivity contribution in [2.45, 2.75) is 31.7 Å². The molecule has 3 atom stereocenters. The normalized spacial score (nSPS) is 28.4. The first-order valence-corrected chi connectivity index (χ1v) is 7.90. The van der Waals surface area contributed by atoms with Gasteiger partial charge in [-0.25, -0.2) is 0 Å². The monoisotopic (exact) mass is 305 g/mol. The van der Waals surface area contributed by atoms with E-state index in [2.05, 4.69) is 10.4 Å². The number of carbonyl (C=O) groups excluding carboxylic acids is 2. The summed E-state index contributed by atoms with van der Waals surface area (Å²) in [5.74, 6) is 0.152. The van der Waals surface area contributed by atoms with Crippen LogP contribution in [0, 0.1) is 11.8 Å². The summed E-state index contributed by atoms with van der Waals surface area (Å²) in [6.07, 6.45) is 7.04. The minimum Gasteiger partial charge on any atom is -0.344 e. The van der Waals surface area contributed by atoms with Crippen molar-refractivity contribution >= 4 is 17.5 Å². The fourth-order valence-corrected chi connectivity index (χ4v) is 3.56. The predicted octanol–water partition coefficient (Wildman–Crippen LogP) is 0.0166. The summed E-state index contributed by atoms with van der Waals surface area (Å²) in [5.41, 5.74) is 6.52. The van der Waals surface area contributed by atoms with E-state index < -0.39 is 6.04 Å². The summed E-state index contributed by atoms with van der Waals surface area (Å²) >= 11 is 0. The predicted molar refractivity (Wildman–Crippen MR) is 82.0 cm³/mol. The number of amides is 2. The number of nitrogens with two attached hydrogens (primary N) is 1. The molecule has 7 nitrogen and oxygen atoms in total. The van der Waals surface area contributed by atoms with Crippen molar-refractivity contribution in [3.8, 4) is 0 Å². The Kier molecular flexibility index (Phi) is 4.15. The summed E-state index contributed by atoms with van der Waals surface area (Å²) in [6, 6.07) is -0.424. The number of aromatic nitrogens is 2. The molecule has 1 aliphatic carbocycles. The highest BCUT2D eigenvalue weighted by atomic mass is 16.2. The highest BCUT2D eigenvalue weighted by molar-refractivity contribution is 6.01. The topological polar surface area (TPSA) is 93.2 Å². The molecule has 2 aliphatic rings. The first kappa shape index (κ1) is 15.0. The number of nitrogens with zero attached hydrogens (tertiary/aromatic N) is 3. The summed E-state index contributed by atoms with van der Waals surface area (Å²) in [7, 11) is 1.82. The van der Waals surface area contributed by atoms with E-state index in [-0.39, 0.29) is 23.7 Å². The fraction of sp³-hybridized carbons (Fsp3) is 0.667. The van der Waals surface area contributed by atoms with Gasteiger partial charge in [0, 0.05) is 25.7 Å². The number of nitrogens with one attached hydrogen (secondary N) is 1. The maximum Gasteiger partial charge on any atom is 0.249 e. The van der Waals surface area contributed by atoms with Gasteiger partial charge in [-0.3, -0.25) is 14.3 Å². The largest absolute Gasteiger partial charge is 0.344 e. The molecular formula is C15H23N5O2. The molecule has 1 unspecified atom stereocenters. The lowest BCUT2D eigenvalue weighted by Crippen LogP contribution is -2.45. The zero-order valence-corrected chi connectivity index (χ0v) is 12.9. The van der Waals surface area contributed by atoms with Crippen LogP contribution in [-0.4, -0.2) is 40.7 Å². The van der Waals surface area contributed by atoms with E-state index in [1.165, 1.54) is 0 Å². The Hall–Kier alpha value is -1.89. The smallest absolute Gasteiger partial charge is 0.249 e. The van der Waals surface area contributed by atoms with Crippen LogP contribution in [0.3, 0.4) is 0 Å². The highest BCUT2D eigenvalue weighted by Crippen LogP contribution is 2.31. The van der Waals surface area contributed by atoms with Crippen LogP contribution in [0.1, 0.15) is 25.7 Å². The van der Waals surface area contributed by atoms with E-state index in [0.29, 0.717) is 19.5 Å². The van der Waals surface area contributed by atoms with Crippen molar-refractivity contribution in [3.63, 3.8) is 0 Å². The summed E-state index contributed by atoms with van der Waals surface area (Å²) in [5, 5.41) is 7.02. The molecule has 1 aromatic rings.